The summed E-state index contributed by atoms with van der Waals surface area (Å²) >= 11 is 1.35. The Morgan fingerprint density at radius 2 is 2.14 bits per heavy atom. The van der Waals surface area contributed by atoms with Crippen molar-refractivity contribution >= 4 is 23.2 Å². The zero-order valence-electron chi connectivity index (χ0n) is 17.3. The summed E-state index contributed by atoms with van der Waals surface area (Å²) in [5.41, 5.74) is 1.99. The van der Waals surface area contributed by atoms with Crippen LogP contribution < -0.4 is 20.1 Å². The van der Waals surface area contributed by atoms with Crippen LogP contribution in [0, 0.1) is 5.92 Å². The number of nitrogens with one attached hydrogen (secondary N) is 2. The van der Waals surface area contributed by atoms with Crippen molar-refractivity contribution in [3.63, 3.8) is 0 Å². The fourth-order valence-corrected chi connectivity index (χ4v) is 3.98. The molecule has 0 fully saturated rings. The third-order valence-corrected chi connectivity index (χ3v) is 5.68. The molecule has 0 unspecified atom stereocenters. The highest BCUT2D eigenvalue weighted by Gasteiger charge is 2.26. The van der Waals surface area contributed by atoms with Gasteiger partial charge in [-0.25, -0.2) is 0 Å². The van der Waals surface area contributed by atoms with Crippen LogP contribution in [0.5, 0.6) is 11.5 Å². The summed E-state index contributed by atoms with van der Waals surface area (Å²) < 4.78 is 11.6. The highest BCUT2D eigenvalue weighted by atomic mass is 32.1. The van der Waals surface area contributed by atoms with E-state index < -0.39 is 6.04 Å². The molecule has 6 nitrogen and oxygen atoms in total. The van der Waals surface area contributed by atoms with Gasteiger partial charge in [0.15, 0.2) is 0 Å². The highest BCUT2D eigenvalue weighted by molar-refractivity contribution is 7.12. The molecule has 156 valence electrons. The number of carbonyl (C=O) groups excluding carboxylic acids is 2. The van der Waals surface area contributed by atoms with Gasteiger partial charge in [0, 0.05) is 24.1 Å². The number of carbonyl (C=O) groups is 2. The molecule has 0 radical (unpaired) electrons. The van der Waals surface area contributed by atoms with Crippen molar-refractivity contribution in [2.75, 3.05) is 6.61 Å². The lowest BCUT2D eigenvalue weighted by molar-refractivity contribution is -0.124. The molecule has 2 heterocycles. The lowest BCUT2D eigenvalue weighted by Gasteiger charge is -2.22. The smallest absolute Gasteiger partial charge is 0.262 e. The van der Waals surface area contributed by atoms with Gasteiger partial charge in [-0.1, -0.05) is 19.9 Å². The van der Waals surface area contributed by atoms with Crippen LogP contribution in [0.1, 0.15) is 48.5 Å². The molecule has 1 aromatic heterocycles. The minimum absolute atomic E-state index is 0.0468. The van der Waals surface area contributed by atoms with E-state index in [0.29, 0.717) is 18.0 Å². The van der Waals surface area contributed by atoms with Gasteiger partial charge < -0.3 is 20.1 Å². The Labute approximate surface area is 175 Å². The summed E-state index contributed by atoms with van der Waals surface area (Å²) in [6.45, 7) is 8.64. The van der Waals surface area contributed by atoms with Gasteiger partial charge in [-0.3, -0.25) is 9.59 Å². The fourth-order valence-electron chi connectivity index (χ4n) is 3.36. The number of fused-ring (bicyclic) bond motifs is 1. The number of ether oxygens (including phenoxy) is 2. The maximum absolute atomic E-state index is 12.8. The van der Waals surface area contributed by atoms with E-state index in [1.165, 1.54) is 11.3 Å². The SMILES string of the molecule is CCOc1cc2c(cc1CNC(=O)[C@H](NC(=O)c1cccs1)C(C)C)O[C@H](C)C2. The third-order valence-electron chi connectivity index (χ3n) is 4.81. The monoisotopic (exact) mass is 416 g/mol. The highest BCUT2D eigenvalue weighted by Crippen LogP contribution is 2.35. The number of hydrogen-bond donors (Lipinski definition) is 2. The Morgan fingerprint density at radius 3 is 2.79 bits per heavy atom. The Kier molecular flexibility index (Phi) is 6.79. The average molecular weight is 417 g/mol. The van der Waals surface area contributed by atoms with Crippen molar-refractivity contribution in [3.05, 3.63) is 45.6 Å². The van der Waals surface area contributed by atoms with E-state index in [9.17, 15) is 9.59 Å². The molecule has 7 heteroatoms. The Balaban J connectivity index is 1.69. The summed E-state index contributed by atoms with van der Waals surface area (Å²) in [4.78, 5) is 25.8. The molecule has 0 spiro atoms. The van der Waals surface area contributed by atoms with Crippen molar-refractivity contribution in [2.24, 2.45) is 5.92 Å². The van der Waals surface area contributed by atoms with E-state index in [-0.39, 0.29) is 23.8 Å². The molecule has 2 aromatic rings. The molecule has 2 atom stereocenters. The molecule has 1 aliphatic rings. The van der Waals surface area contributed by atoms with Crippen LogP contribution in [0.3, 0.4) is 0 Å². The molecular formula is C22H28N2O4S. The molecular weight excluding hydrogens is 388 g/mol. The van der Waals surface area contributed by atoms with E-state index in [1.54, 1.807) is 6.07 Å². The molecule has 0 aliphatic carbocycles. The second-order valence-electron chi connectivity index (χ2n) is 7.52. The number of thiophene rings is 1. The summed E-state index contributed by atoms with van der Waals surface area (Å²) in [5, 5.41) is 7.63. The van der Waals surface area contributed by atoms with Crippen LogP contribution in [-0.2, 0) is 17.8 Å². The maximum atomic E-state index is 12.8. The van der Waals surface area contributed by atoms with Gasteiger partial charge >= 0.3 is 0 Å². The van der Waals surface area contributed by atoms with Gasteiger partial charge in [-0.05, 0) is 43.3 Å². The van der Waals surface area contributed by atoms with Crippen molar-refractivity contribution in [1.29, 1.82) is 0 Å². The zero-order valence-corrected chi connectivity index (χ0v) is 18.1. The minimum Gasteiger partial charge on any atom is -0.494 e. The van der Waals surface area contributed by atoms with Gasteiger partial charge in [-0.2, -0.15) is 0 Å². The lowest BCUT2D eigenvalue weighted by Crippen LogP contribution is -2.49. The van der Waals surface area contributed by atoms with Crippen molar-refractivity contribution in [1.82, 2.24) is 10.6 Å². The molecule has 2 amide bonds. The van der Waals surface area contributed by atoms with Crippen molar-refractivity contribution in [2.45, 2.75) is 52.8 Å². The molecule has 0 bridgehead atoms. The first-order valence-electron chi connectivity index (χ1n) is 9.96. The van der Waals surface area contributed by atoms with Crippen LogP contribution in [0.15, 0.2) is 29.6 Å². The summed E-state index contributed by atoms with van der Waals surface area (Å²) in [7, 11) is 0. The average Bonchev–Trinajstić information content (AvgIpc) is 3.32. The zero-order chi connectivity index (χ0) is 21.0. The first kappa shape index (κ1) is 21.2. The first-order valence-corrected chi connectivity index (χ1v) is 10.8. The number of benzene rings is 1. The van der Waals surface area contributed by atoms with Gasteiger partial charge in [-0.15, -0.1) is 11.3 Å². The van der Waals surface area contributed by atoms with Crippen LogP contribution in [0.25, 0.3) is 0 Å². The lowest BCUT2D eigenvalue weighted by atomic mass is 10.0. The molecule has 0 saturated heterocycles. The van der Waals surface area contributed by atoms with Crippen LogP contribution >= 0.6 is 11.3 Å². The normalized spacial score (nSPS) is 16.1. The standard InChI is InChI=1S/C22H28N2O4S/c1-5-27-17-10-15-9-14(4)28-18(15)11-16(17)12-23-22(26)20(13(2)3)24-21(25)19-7-6-8-29-19/h6-8,10-11,13-14,20H,5,9,12H2,1-4H3,(H,23,26)(H,24,25)/t14-,20-/m1/s1. The van der Waals surface area contributed by atoms with Crippen LogP contribution in [-0.4, -0.2) is 30.6 Å². The third kappa shape index (κ3) is 5.09. The van der Waals surface area contributed by atoms with E-state index >= 15 is 0 Å². The molecule has 1 aliphatic heterocycles. The van der Waals surface area contributed by atoms with Gasteiger partial charge in [0.05, 0.1) is 11.5 Å². The predicted octanol–water partition coefficient (Wildman–Crippen LogP) is 3.54. The number of rotatable bonds is 8. The maximum Gasteiger partial charge on any atom is 0.262 e. The summed E-state index contributed by atoms with van der Waals surface area (Å²) in [5.74, 6) is 1.10. The van der Waals surface area contributed by atoms with Crippen molar-refractivity contribution < 1.29 is 19.1 Å². The van der Waals surface area contributed by atoms with Gasteiger partial charge in [0.2, 0.25) is 5.91 Å². The number of hydrogen-bond acceptors (Lipinski definition) is 5. The molecule has 3 rings (SSSR count). The first-order chi connectivity index (χ1) is 13.9. The van der Waals surface area contributed by atoms with E-state index in [4.69, 9.17) is 9.47 Å². The van der Waals surface area contributed by atoms with Gasteiger partial charge in [0.1, 0.15) is 23.6 Å². The Morgan fingerprint density at radius 1 is 1.34 bits per heavy atom. The quantitative estimate of drug-likeness (QED) is 0.690. The van der Waals surface area contributed by atoms with E-state index in [2.05, 4.69) is 10.6 Å². The fraction of sp³-hybridized carbons (Fsp3) is 0.455. The molecule has 2 N–H and O–H groups in total. The Hall–Kier alpha value is -2.54. The largest absolute Gasteiger partial charge is 0.494 e. The second-order valence-corrected chi connectivity index (χ2v) is 8.47. The summed E-state index contributed by atoms with van der Waals surface area (Å²) in [6.07, 6.45) is 0.994. The number of amides is 2. The van der Waals surface area contributed by atoms with Crippen molar-refractivity contribution in [3.8, 4) is 11.5 Å². The van der Waals surface area contributed by atoms with Gasteiger partial charge in [0.25, 0.3) is 5.91 Å². The van der Waals surface area contributed by atoms with E-state index in [0.717, 1.165) is 29.0 Å². The predicted molar refractivity (Wildman–Crippen MR) is 114 cm³/mol. The second kappa shape index (κ2) is 9.31. The van der Waals surface area contributed by atoms with Crippen LogP contribution in [0.4, 0.5) is 0 Å². The Bertz CT molecular complexity index is 864. The molecule has 0 saturated carbocycles. The minimum atomic E-state index is -0.620. The van der Waals surface area contributed by atoms with E-state index in [1.807, 2.05) is 51.3 Å². The summed E-state index contributed by atoms with van der Waals surface area (Å²) in [6, 6.07) is 6.89. The molecule has 29 heavy (non-hydrogen) atoms. The van der Waals surface area contributed by atoms with Crippen LogP contribution in [0.2, 0.25) is 0 Å². The molecule has 1 aromatic carbocycles. The topological polar surface area (TPSA) is 76.7 Å².